The van der Waals surface area contributed by atoms with E-state index in [0.717, 1.165) is 24.1 Å². The van der Waals surface area contributed by atoms with Crippen LogP contribution in [0.4, 0.5) is 5.69 Å². The van der Waals surface area contributed by atoms with Crippen LogP contribution in [-0.4, -0.2) is 33.4 Å². The van der Waals surface area contributed by atoms with Crippen LogP contribution < -0.4 is 5.32 Å². The van der Waals surface area contributed by atoms with Crippen LogP contribution in [0.1, 0.15) is 12.8 Å². The fraction of sp³-hybridized carbons (Fsp3) is 0.500. The van der Waals surface area contributed by atoms with E-state index >= 15 is 0 Å². The first-order chi connectivity index (χ1) is 9.96. The third-order valence-electron chi connectivity index (χ3n) is 4.62. The Morgan fingerprint density at radius 2 is 1.86 bits per heavy atom. The predicted octanol–water partition coefficient (Wildman–Crippen LogP) is 2.56. The highest BCUT2D eigenvalue weighted by Gasteiger charge is 2.35. The largest absolute Gasteiger partial charge is 0.385 e. The van der Waals surface area contributed by atoms with Gasteiger partial charge in [0.2, 0.25) is 10.0 Å². The molecule has 2 aliphatic rings. The molecule has 0 aromatic heterocycles. The molecule has 0 amide bonds. The highest BCUT2D eigenvalue weighted by atomic mass is 32.2. The summed E-state index contributed by atoms with van der Waals surface area (Å²) in [6, 6.07) is 7.02. The van der Waals surface area contributed by atoms with Crippen LogP contribution in [0.3, 0.4) is 0 Å². The average Bonchev–Trinajstić information content (AvgIpc) is 3.08. The van der Waals surface area contributed by atoms with E-state index in [0.29, 0.717) is 10.8 Å². The van der Waals surface area contributed by atoms with Gasteiger partial charge >= 0.3 is 0 Å². The predicted molar refractivity (Wildman–Crippen MR) is 84.6 cm³/mol. The van der Waals surface area contributed by atoms with E-state index in [1.807, 2.05) is 12.1 Å². The highest BCUT2D eigenvalue weighted by molar-refractivity contribution is 7.89. The smallest absolute Gasteiger partial charge is 0.242 e. The first-order valence-electron chi connectivity index (χ1n) is 7.41. The van der Waals surface area contributed by atoms with Gasteiger partial charge in [0.1, 0.15) is 0 Å². The molecule has 0 spiro atoms. The Morgan fingerprint density at radius 3 is 2.38 bits per heavy atom. The maximum atomic E-state index is 12.0. The Morgan fingerprint density at radius 1 is 1.14 bits per heavy atom. The van der Waals surface area contributed by atoms with Gasteiger partial charge in [-0.05, 0) is 54.9 Å². The van der Waals surface area contributed by atoms with Gasteiger partial charge in [-0.15, -0.1) is 0 Å². The van der Waals surface area contributed by atoms with Gasteiger partial charge < -0.3 is 5.32 Å². The molecule has 0 aliphatic heterocycles. The number of nitrogens with one attached hydrogen (secondary N) is 1. The molecule has 1 N–H and O–H groups in total. The molecule has 4 nitrogen and oxygen atoms in total. The van der Waals surface area contributed by atoms with Gasteiger partial charge in [0, 0.05) is 26.3 Å². The minimum atomic E-state index is -3.33. The van der Waals surface area contributed by atoms with Crippen molar-refractivity contribution in [1.82, 2.24) is 4.31 Å². The van der Waals surface area contributed by atoms with E-state index in [-0.39, 0.29) is 0 Å². The monoisotopic (exact) mass is 306 g/mol. The van der Waals surface area contributed by atoms with Gasteiger partial charge in [-0.25, -0.2) is 12.7 Å². The quantitative estimate of drug-likeness (QED) is 0.851. The highest BCUT2D eigenvalue weighted by Crippen LogP contribution is 2.43. The summed E-state index contributed by atoms with van der Waals surface area (Å²) in [6.07, 6.45) is 7.29. The van der Waals surface area contributed by atoms with Gasteiger partial charge in [-0.2, -0.15) is 0 Å². The number of hydrogen-bond donors (Lipinski definition) is 1. The van der Waals surface area contributed by atoms with Crippen LogP contribution in [-0.2, 0) is 10.0 Å². The van der Waals surface area contributed by atoms with Crippen LogP contribution in [0.5, 0.6) is 0 Å². The second kappa shape index (κ2) is 5.46. The lowest BCUT2D eigenvalue weighted by Gasteiger charge is -2.19. The normalized spacial score (nSPS) is 27.5. The molecule has 3 rings (SSSR count). The number of nitrogens with zero attached hydrogens (tertiary/aromatic N) is 1. The van der Waals surface area contributed by atoms with Gasteiger partial charge in [-0.3, -0.25) is 0 Å². The van der Waals surface area contributed by atoms with E-state index in [1.54, 1.807) is 26.2 Å². The summed E-state index contributed by atoms with van der Waals surface area (Å²) >= 11 is 0. The maximum Gasteiger partial charge on any atom is 0.242 e. The Hall–Kier alpha value is -1.33. The zero-order valence-electron chi connectivity index (χ0n) is 12.5. The minimum absolute atomic E-state index is 0.334. The van der Waals surface area contributed by atoms with Crippen LogP contribution in [0.15, 0.2) is 41.3 Å². The zero-order valence-corrected chi connectivity index (χ0v) is 13.3. The maximum absolute atomic E-state index is 12.0. The van der Waals surface area contributed by atoms with Gasteiger partial charge in [0.25, 0.3) is 0 Å². The molecule has 0 saturated heterocycles. The topological polar surface area (TPSA) is 49.4 Å². The molecule has 1 saturated carbocycles. The third kappa shape index (κ3) is 2.85. The number of sulfonamides is 1. The molecule has 5 heteroatoms. The summed E-state index contributed by atoms with van der Waals surface area (Å²) < 4.78 is 25.2. The molecule has 2 bridgehead atoms. The summed E-state index contributed by atoms with van der Waals surface area (Å²) in [4.78, 5) is 0.334. The minimum Gasteiger partial charge on any atom is -0.385 e. The summed E-state index contributed by atoms with van der Waals surface area (Å²) in [6.45, 7) is 0.964. The van der Waals surface area contributed by atoms with Crippen molar-refractivity contribution < 1.29 is 8.42 Å². The number of fused-ring (bicyclic) bond motifs is 2. The molecule has 0 heterocycles. The Bertz CT molecular complexity index is 635. The lowest BCUT2D eigenvalue weighted by Crippen LogP contribution is -2.22. The standard InChI is InChI=1S/C16H22N2O2S/c1-18(2)21(19,20)16-7-5-15(6-8-16)17-11-14-10-12-3-4-13(14)9-12/h3-8,12-14,17H,9-11H2,1-2H3. The Kier molecular flexibility index (Phi) is 3.80. The van der Waals surface area contributed by atoms with E-state index in [4.69, 9.17) is 0 Å². The van der Waals surface area contributed by atoms with Crippen LogP contribution in [0, 0.1) is 17.8 Å². The Balaban J connectivity index is 1.61. The second-order valence-corrected chi connectivity index (χ2v) is 8.38. The van der Waals surface area contributed by atoms with E-state index in [2.05, 4.69) is 17.5 Å². The first kappa shape index (κ1) is 14.6. The van der Waals surface area contributed by atoms with Gasteiger partial charge in [0.05, 0.1) is 4.90 Å². The molecule has 21 heavy (non-hydrogen) atoms. The van der Waals surface area contributed by atoms with Gasteiger partial charge in [0.15, 0.2) is 0 Å². The second-order valence-electron chi connectivity index (χ2n) is 6.23. The summed E-state index contributed by atoms with van der Waals surface area (Å²) in [5.41, 5.74) is 0.986. The van der Waals surface area contributed by atoms with Crippen molar-refractivity contribution in [3.63, 3.8) is 0 Å². The molecule has 0 radical (unpaired) electrons. The Labute approximate surface area is 126 Å². The van der Waals surface area contributed by atoms with Crippen molar-refractivity contribution in [3.05, 3.63) is 36.4 Å². The van der Waals surface area contributed by atoms with Crippen molar-refractivity contribution >= 4 is 15.7 Å². The zero-order chi connectivity index (χ0) is 15.0. The fourth-order valence-corrected chi connectivity index (χ4v) is 4.24. The lowest BCUT2D eigenvalue weighted by atomic mass is 9.93. The number of rotatable bonds is 5. The molecular formula is C16H22N2O2S. The van der Waals surface area contributed by atoms with Crippen molar-refractivity contribution in [2.75, 3.05) is 26.0 Å². The fourth-order valence-electron chi connectivity index (χ4n) is 3.33. The molecule has 1 aromatic carbocycles. The molecule has 1 aromatic rings. The van der Waals surface area contributed by atoms with Crippen LogP contribution in [0.25, 0.3) is 0 Å². The molecule has 3 unspecified atom stereocenters. The third-order valence-corrected chi connectivity index (χ3v) is 6.45. The van der Waals surface area contributed by atoms with E-state index in [9.17, 15) is 8.42 Å². The SMILES string of the molecule is CN(C)S(=O)(=O)c1ccc(NCC2CC3C=CC2C3)cc1. The number of anilines is 1. The number of benzene rings is 1. The summed E-state index contributed by atoms with van der Waals surface area (Å²) in [5, 5.41) is 3.44. The first-order valence-corrected chi connectivity index (χ1v) is 8.85. The summed E-state index contributed by atoms with van der Waals surface area (Å²) in [5.74, 6) is 2.23. The molecule has 3 atom stereocenters. The average molecular weight is 306 g/mol. The molecule has 2 aliphatic carbocycles. The molecule has 1 fully saturated rings. The van der Waals surface area contributed by atoms with Crippen molar-refractivity contribution in [2.24, 2.45) is 17.8 Å². The lowest BCUT2D eigenvalue weighted by molar-refractivity contribution is 0.472. The van der Waals surface area contributed by atoms with Crippen molar-refractivity contribution in [1.29, 1.82) is 0 Å². The number of hydrogen-bond acceptors (Lipinski definition) is 3. The number of allylic oxidation sites excluding steroid dienone is 2. The van der Waals surface area contributed by atoms with Gasteiger partial charge in [-0.1, -0.05) is 12.2 Å². The van der Waals surface area contributed by atoms with E-state index in [1.165, 1.54) is 17.1 Å². The summed E-state index contributed by atoms with van der Waals surface area (Å²) in [7, 11) is -0.243. The van der Waals surface area contributed by atoms with Crippen molar-refractivity contribution in [2.45, 2.75) is 17.7 Å². The molecule has 114 valence electrons. The van der Waals surface area contributed by atoms with Crippen LogP contribution in [0.2, 0.25) is 0 Å². The van der Waals surface area contributed by atoms with E-state index < -0.39 is 10.0 Å². The van der Waals surface area contributed by atoms with Crippen molar-refractivity contribution in [3.8, 4) is 0 Å². The van der Waals surface area contributed by atoms with Crippen LogP contribution >= 0.6 is 0 Å². The molecular weight excluding hydrogens is 284 g/mol.